The number of furan rings is 1. The van der Waals surface area contributed by atoms with E-state index in [4.69, 9.17) is 4.42 Å². The molecule has 0 saturated heterocycles. The van der Waals surface area contributed by atoms with Gasteiger partial charge in [0.15, 0.2) is 5.76 Å². The van der Waals surface area contributed by atoms with Crippen molar-refractivity contribution >= 4 is 5.69 Å². The number of hydrogen-bond donors (Lipinski definition) is 0. The minimum atomic E-state index is -0.441. The van der Waals surface area contributed by atoms with Crippen LogP contribution in [0.4, 0.5) is 5.69 Å². The molecule has 0 spiro atoms. The minimum absolute atomic E-state index is 0.0588. The molecule has 0 fully saturated rings. The van der Waals surface area contributed by atoms with Gasteiger partial charge in [0.25, 0.3) is 5.69 Å². The van der Waals surface area contributed by atoms with Gasteiger partial charge >= 0.3 is 0 Å². The van der Waals surface area contributed by atoms with Crippen LogP contribution in [0.2, 0.25) is 0 Å². The van der Waals surface area contributed by atoms with E-state index in [1.54, 1.807) is 30.5 Å². The first-order valence-corrected chi connectivity index (χ1v) is 4.56. The fraction of sp³-hybridized carbons (Fsp3) is 0. The number of rotatable bonds is 1. The van der Waals surface area contributed by atoms with Gasteiger partial charge in [-0.05, 0) is 30.2 Å². The van der Waals surface area contributed by atoms with Gasteiger partial charge in [-0.1, -0.05) is 5.92 Å². The van der Waals surface area contributed by atoms with Gasteiger partial charge in [0, 0.05) is 17.7 Å². The number of nitro groups is 1. The van der Waals surface area contributed by atoms with E-state index in [2.05, 4.69) is 11.8 Å². The number of hydrogen-bond acceptors (Lipinski definition) is 3. The highest BCUT2D eigenvalue weighted by atomic mass is 16.6. The first-order valence-electron chi connectivity index (χ1n) is 4.56. The third-order valence-corrected chi connectivity index (χ3v) is 1.93. The Morgan fingerprint density at radius 2 is 1.88 bits per heavy atom. The van der Waals surface area contributed by atoms with Gasteiger partial charge < -0.3 is 4.42 Å². The lowest BCUT2D eigenvalue weighted by Gasteiger charge is -1.90. The molecule has 1 aromatic carbocycles. The van der Waals surface area contributed by atoms with E-state index in [1.165, 1.54) is 12.1 Å². The standard InChI is InChI=1S/C12H7NO3/c14-13(15)11-6-3-10(4-7-11)5-8-12-2-1-9-16-12/h1-4,6-7,9H. The number of benzene rings is 1. The molecule has 0 amide bonds. The molecule has 4 nitrogen and oxygen atoms in total. The van der Waals surface area contributed by atoms with Crippen molar-refractivity contribution in [3.63, 3.8) is 0 Å². The van der Waals surface area contributed by atoms with Crippen molar-refractivity contribution in [3.05, 3.63) is 64.1 Å². The molecule has 1 aromatic heterocycles. The Hall–Kier alpha value is -2.54. The summed E-state index contributed by atoms with van der Waals surface area (Å²) in [5.41, 5.74) is 0.769. The van der Waals surface area contributed by atoms with Gasteiger partial charge in [-0.3, -0.25) is 10.1 Å². The molecule has 78 valence electrons. The quantitative estimate of drug-likeness (QED) is 0.415. The van der Waals surface area contributed by atoms with Crippen molar-refractivity contribution in [1.29, 1.82) is 0 Å². The second-order valence-corrected chi connectivity index (χ2v) is 3.03. The highest BCUT2D eigenvalue weighted by molar-refractivity contribution is 5.43. The molecule has 0 radical (unpaired) electrons. The van der Waals surface area contributed by atoms with Crippen LogP contribution < -0.4 is 0 Å². The van der Waals surface area contributed by atoms with Gasteiger partial charge in [-0.25, -0.2) is 0 Å². The highest BCUT2D eigenvalue weighted by Gasteiger charge is 2.02. The topological polar surface area (TPSA) is 56.3 Å². The van der Waals surface area contributed by atoms with Crippen LogP contribution in [0.1, 0.15) is 11.3 Å². The van der Waals surface area contributed by atoms with Crippen molar-refractivity contribution in [3.8, 4) is 11.8 Å². The van der Waals surface area contributed by atoms with Crippen molar-refractivity contribution in [1.82, 2.24) is 0 Å². The molecule has 0 aliphatic heterocycles. The molecule has 0 aliphatic carbocycles. The SMILES string of the molecule is O=[N+]([O-])c1ccc(C#Cc2ccco2)cc1. The zero-order chi connectivity index (χ0) is 11.4. The van der Waals surface area contributed by atoms with Gasteiger partial charge in [0.1, 0.15) is 0 Å². The Balaban J connectivity index is 2.20. The summed E-state index contributed by atoms with van der Waals surface area (Å²) in [5.74, 6) is 6.22. The zero-order valence-electron chi connectivity index (χ0n) is 8.21. The molecular weight excluding hydrogens is 206 g/mol. The Morgan fingerprint density at radius 1 is 1.12 bits per heavy atom. The molecule has 2 aromatic rings. The molecule has 0 aliphatic rings. The van der Waals surface area contributed by atoms with Gasteiger partial charge in [0.05, 0.1) is 11.2 Å². The zero-order valence-corrected chi connectivity index (χ0v) is 8.21. The molecule has 2 rings (SSSR count). The van der Waals surface area contributed by atoms with Crippen LogP contribution in [0.3, 0.4) is 0 Å². The molecule has 0 bridgehead atoms. The summed E-state index contributed by atoms with van der Waals surface area (Å²) >= 11 is 0. The van der Waals surface area contributed by atoms with Gasteiger partial charge in [-0.15, -0.1) is 0 Å². The van der Waals surface area contributed by atoms with Crippen LogP contribution in [0.5, 0.6) is 0 Å². The van der Waals surface area contributed by atoms with Gasteiger partial charge in [0.2, 0.25) is 0 Å². The van der Waals surface area contributed by atoms with Crippen LogP contribution in [-0.2, 0) is 0 Å². The Kier molecular flexibility index (Phi) is 2.70. The van der Waals surface area contributed by atoms with Crippen molar-refractivity contribution in [2.45, 2.75) is 0 Å². The molecular formula is C12H7NO3. The normalized spacial score (nSPS) is 9.25. The van der Waals surface area contributed by atoms with E-state index >= 15 is 0 Å². The third-order valence-electron chi connectivity index (χ3n) is 1.93. The molecule has 0 unspecified atom stereocenters. The maximum absolute atomic E-state index is 10.4. The van der Waals surface area contributed by atoms with Crippen molar-refractivity contribution < 1.29 is 9.34 Å². The second kappa shape index (κ2) is 4.32. The van der Waals surface area contributed by atoms with Crippen LogP contribution in [0.15, 0.2) is 47.1 Å². The molecule has 0 saturated carbocycles. The Labute approximate surface area is 91.7 Å². The van der Waals surface area contributed by atoms with E-state index in [0.717, 1.165) is 0 Å². The average molecular weight is 213 g/mol. The molecule has 1 heterocycles. The monoisotopic (exact) mass is 213 g/mol. The smallest absolute Gasteiger partial charge is 0.269 e. The maximum Gasteiger partial charge on any atom is 0.269 e. The van der Waals surface area contributed by atoms with Crippen LogP contribution in [0, 0.1) is 22.0 Å². The van der Waals surface area contributed by atoms with Crippen molar-refractivity contribution in [2.75, 3.05) is 0 Å². The minimum Gasteiger partial charge on any atom is -0.456 e. The number of non-ortho nitro benzene ring substituents is 1. The van der Waals surface area contributed by atoms with Crippen LogP contribution >= 0.6 is 0 Å². The van der Waals surface area contributed by atoms with Crippen LogP contribution in [-0.4, -0.2) is 4.92 Å². The predicted molar refractivity (Wildman–Crippen MR) is 57.8 cm³/mol. The van der Waals surface area contributed by atoms with E-state index < -0.39 is 4.92 Å². The Morgan fingerprint density at radius 3 is 2.44 bits per heavy atom. The van der Waals surface area contributed by atoms with E-state index in [0.29, 0.717) is 11.3 Å². The first kappa shape index (κ1) is 9.99. The van der Waals surface area contributed by atoms with E-state index in [1.807, 2.05) is 0 Å². The maximum atomic E-state index is 10.4. The Bertz CT molecular complexity index is 544. The van der Waals surface area contributed by atoms with Crippen LogP contribution in [0.25, 0.3) is 0 Å². The third kappa shape index (κ3) is 2.28. The lowest BCUT2D eigenvalue weighted by molar-refractivity contribution is -0.384. The second-order valence-electron chi connectivity index (χ2n) is 3.03. The van der Waals surface area contributed by atoms with E-state index in [9.17, 15) is 10.1 Å². The molecule has 16 heavy (non-hydrogen) atoms. The largest absolute Gasteiger partial charge is 0.456 e. The van der Waals surface area contributed by atoms with E-state index in [-0.39, 0.29) is 5.69 Å². The predicted octanol–water partition coefficient (Wildman–Crippen LogP) is 2.59. The average Bonchev–Trinajstić information content (AvgIpc) is 2.80. The number of nitrogens with zero attached hydrogens (tertiary/aromatic N) is 1. The highest BCUT2D eigenvalue weighted by Crippen LogP contribution is 2.11. The summed E-state index contributed by atoms with van der Waals surface area (Å²) in [6.07, 6.45) is 1.54. The first-order chi connectivity index (χ1) is 7.75. The summed E-state index contributed by atoms with van der Waals surface area (Å²) in [7, 11) is 0. The summed E-state index contributed by atoms with van der Waals surface area (Å²) in [6.45, 7) is 0. The molecule has 4 heteroatoms. The number of nitro benzene ring substituents is 1. The summed E-state index contributed by atoms with van der Waals surface area (Å²) in [5, 5.41) is 10.4. The fourth-order valence-corrected chi connectivity index (χ4v) is 1.15. The lowest BCUT2D eigenvalue weighted by Crippen LogP contribution is -1.86. The molecule has 0 atom stereocenters. The van der Waals surface area contributed by atoms with Crippen molar-refractivity contribution in [2.24, 2.45) is 0 Å². The van der Waals surface area contributed by atoms with Gasteiger partial charge in [-0.2, -0.15) is 0 Å². The molecule has 0 N–H and O–H groups in total. The fourth-order valence-electron chi connectivity index (χ4n) is 1.15. The summed E-state index contributed by atoms with van der Waals surface area (Å²) in [4.78, 5) is 9.97. The summed E-state index contributed by atoms with van der Waals surface area (Å²) in [6, 6.07) is 9.55. The summed E-state index contributed by atoms with van der Waals surface area (Å²) < 4.78 is 5.04. The lowest BCUT2D eigenvalue weighted by atomic mass is 10.2.